The molecule has 0 spiro atoms. The van der Waals surface area contributed by atoms with E-state index in [2.05, 4.69) is 6.58 Å². The monoisotopic (exact) mass is 340 g/mol. The maximum absolute atomic E-state index is 12.3. The fourth-order valence-electron chi connectivity index (χ4n) is 2.49. The smallest absolute Gasteiger partial charge is 0.332 e. The Kier molecular flexibility index (Phi) is 5.34. The first-order chi connectivity index (χ1) is 11.9. The minimum Gasteiger partial charge on any atom is -0.480 e. The number of benzene rings is 2. The number of carboxylic acids is 2. The Balaban J connectivity index is 2.44. The molecule has 0 saturated heterocycles. The van der Waals surface area contributed by atoms with Gasteiger partial charge in [0.25, 0.3) is 0 Å². The van der Waals surface area contributed by atoms with Crippen molar-refractivity contribution in [3.8, 4) is 5.75 Å². The van der Waals surface area contributed by atoms with Gasteiger partial charge in [0, 0.05) is 0 Å². The SMILES string of the molecule is C=C(C(=O)O)C(CC(=O)Oc1ccccc1)(C(=O)O)c1ccccc1. The van der Waals surface area contributed by atoms with Crippen LogP contribution in [-0.4, -0.2) is 28.1 Å². The number of aliphatic carboxylic acids is 2. The highest BCUT2D eigenvalue weighted by Gasteiger charge is 2.48. The second-order valence-corrected chi connectivity index (χ2v) is 5.32. The van der Waals surface area contributed by atoms with E-state index in [1.165, 1.54) is 24.3 Å². The number of hydrogen-bond acceptors (Lipinski definition) is 4. The van der Waals surface area contributed by atoms with E-state index >= 15 is 0 Å². The van der Waals surface area contributed by atoms with Gasteiger partial charge < -0.3 is 14.9 Å². The van der Waals surface area contributed by atoms with Crippen molar-refractivity contribution < 1.29 is 29.3 Å². The quantitative estimate of drug-likeness (QED) is 0.456. The fourth-order valence-corrected chi connectivity index (χ4v) is 2.49. The second-order valence-electron chi connectivity index (χ2n) is 5.32. The molecule has 0 heterocycles. The maximum Gasteiger partial charge on any atom is 0.332 e. The summed E-state index contributed by atoms with van der Waals surface area (Å²) in [7, 11) is 0. The Hall–Kier alpha value is -3.41. The van der Waals surface area contributed by atoms with Crippen molar-refractivity contribution in [1.82, 2.24) is 0 Å². The highest BCUT2D eigenvalue weighted by molar-refractivity contribution is 6.02. The average molecular weight is 340 g/mol. The molecule has 0 aromatic heterocycles. The lowest BCUT2D eigenvalue weighted by atomic mass is 9.72. The first-order valence-corrected chi connectivity index (χ1v) is 7.35. The number of hydrogen-bond donors (Lipinski definition) is 2. The third-order valence-electron chi connectivity index (χ3n) is 3.79. The molecule has 128 valence electrons. The summed E-state index contributed by atoms with van der Waals surface area (Å²) in [5, 5.41) is 19.1. The van der Waals surface area contributed by atoms with E-state index in [1.807, 2.05) is 0 Å². The largest absolute Gasteiger partial charge is 0.480 e. The van der Waals surface area contributed by atoms with Gasteiger partial charge in [-0.25, -0.2) is 4.79 Å². The molecule has 0 bridgehead atoms. The molecule has 0 aliphatic carbocycles. The van der Waals surface area contributed by atoms with Gasteiger partial charge in [-0.2, -0.15) is 0 Å². The topological polar surface area (TPSA) is 101 Å². The van der Waals surface area contributed by atoms with Gasteiger partial charge in [-0.15, -0.1) is 0 Å². The van der Waals surface area contributed by atoms with Crippen LogP contribution in [0.3, 0.4) is 0 Å². The van der Waals surface area contributed by atoms with Crippen LogP contribution in [0.15, 0.2) is 72.8 Å². The van der Waals surface area contributed by atoms with Crippen LogP contribution in [0, 0.1) is 0 Å². The number of carbonyl (C=O) groups excluding carboxylic acids is 1. The summed E-state index contributed by atoms with van der Waals surface area (Å²) in [5.41, 5.74) is -2.60. The van der Waals surface area contributed by atoms with Crippen molar-refractivity contribution >= 4 is 17.9 Å². The molecule has 0 saturated carbocycles. The van der Waals surface area contributed by atoms with E-state index in [-0.39, 0.29) is 11.3 Å². The number of rotatable bonds is 7. The summed E-state index contributed by atoms with van der Waals surface area (Å²) in [6.45, 7) is 3.40. The number of para-hydroxylation sites is 1. The summed E-state index contributed by atoms with van der Waals surface area (Å²) in [5.74, 6) is -3.63. The molecule has 2 aromatic carbocycles. The van der Waals surface area contributed by atoms with Crippen LogP contribution in [0.4, 0.5) is 0 Å². The van der Waals surface area contributed by atoms with Crippen LogP contribution in [0.25, 0.3) is 0 Å². The van der Waals surface area contributed by atoms with E-state index < -0.39 is 35.3 Å². The predicted octanol–water partition coefficient (Wildman–Crippen LogP) is 2.65. The summed E-state index contributed by atoms with van der Waals surface area (Å²) in [4.78, 5) is 35.8. The van der Waals surface area contributed by atoms with E-state index in [0.29, 0.717) is 0 Å². The Labute approximate surface area is 144 Å². The van der Waals surface area contributed by atoms with Gasteiger partial charge in [0.2, 0.25) is 0 Å². The minimum atomic E-state index is -2.13. The third-order valence-corrected chi connectivity index (χ3v) is 3.79. The first-order valence-electron chi connectivity index (χ1n) is 7.35. The minimum absolute atomic E-state index is 0.139. The standard InChI is InChI=1S/C19H16O6/c1-13(17(21)22)19(18(23)24,14-8-4-2-5-9-14)12-16(20)25-15-10-6-3-7-11-15/h2-11H,1,12H2,(H,21,22)(H,23,24). The molecule has 6 nitrogen and oxygen atoms in total. The number of carbonyl (C=O) groups is 3. The molecule has 1 atom stereocenters. The molecule has 2 N–H and O–H groups in total. The Morgan fingerprint density at radius 1 is 0.920 bits per heavy atom. The molecule has 2 aromatic rings. The number of carboxylic acid groups (broad SMARTS) is 2. The van der Waals surface area contributed by atoms with Crippen molar-refractivity contribution in [1.29, 1.82) is 0 Å². The van der Waals surface area contributed by atoms with Crippen LogP contribution in [0.2, 0.25) is 0 Å². The summed E-state index contributed by atoms with van der Waals surface area (Å²) in [6, 6.07) is 15.8. The lowest BCUT2D eigenvalue weighted by molar-refractivity contribution is -0.149. The Morgan fingerprint density at radius 3 is 1.92 bits per heavy atom. The van der Waals surface area contributed by atoms with E-state index in [1.54, 1.807) is 36.4 Å². The van der Waals surface area contributed by atoms with Crippen LogP contribution in [0.5, 0.6) is 5.75 Å². The van der Waals surface area contributed by atoms with Crippen molar-refractivity contribution in [3.63, 3.8) is 0 Å². The van der Waals surface area contributed by atoms with Crippen LogP contribution in [-0.2, 0) is 19.8 Å². The van der Waals surface area contributed by atoms with E-state index in [0.717, 1.165) is 0 Å². The van der Waals surface area contributed by atoms with Crippen LogP contribution >= 0.6 is 0 Å². The van der Waals surface area contributed by atoms with Crippen molar-refractivity contribution in [3.05, 3.63) is 78.4 Å². The average Bonchev–Trinajstić information content (AvgIpc) is 2.60. The zero-order chi connectivity index (χ0) is 18.4. The van der Waals surface area contributed by atoms with Gasteiger partial charge in [-0.05, 0) is 17.7 Å². The normalized spacial score (nSPS) is 12.6. The third kappa shape index (κ3) is 3.74. The van der Waals surface area contributed by atoms with E-state index in [9.17, 15) is 24.6 Å². The van der Waals surface area contributed by atoms with Gasteiger partial charge in [0.1, 0.15) is 11.2 Å². The first kappa shape index (κ1) is 17.9. The molecule has 6 heteroatoms. The zero-order valence-corrected chi connectivity index (χ0v) is 13.2. The summed E-state index contributed by atoms with van der Waals surface area (Å²) < 4.78 is 5.14. The van der Waals surface area contributed by atoms with Gasteiger partial charge in [0.15, 0.2) is 0 Å². The molecule has 0 fully saturated rings. The molecular formula is C19H16O6. The molecule has 0 radical (unpaired) electrons. The highest BCUT2D eigenvalue weighted by Crippen LogP contribution is 2.36. The summed E-state index contributed by atoms with van der Waals surface area (Å²) >= 11 is 0. The van der Waals surface area contributed by atoms with Gasteiger partial charge in [-0.3, -0.25) is 9.59 Å². The lowest BCUT2D eigenvalue weighted by Crippen LogP contribution is -2.43. The highest BCUT2D eigenvalue weighted by atomic mass is 16.5. The van der Waals surface area contributed by atoms with Crippen molar-refractivity contribution in [2.45, 2.75) is 11.8 Å². The van der Waals surface area contributed by atoms with Crippen molar-refractivity contribution in [2.75, 3.05) is 0 Å². The summed E-state index contributed by atoms with van der Waals surface area (Å²) in [6.07, 6.45) is -0.702. The van der Waals surface area contributed by atoms with Gasteiger partial charge in [0.05, 0.1) is 12.0 Å². The molecule has 25 heavy (non-hydrogen) atoms. The number of ether oxygens (including phenoxy) is 1. The lowest BCUT2D eigenvalue weighted by Gasteiger charge is -2.29. The molecule has 0 aliphatic rings. The Morgan fingerprint density at radius 2 is 1.44 bits per heavy atom. The van der Waals surface area contributed by atoms with Crippen molar-refractivity contribution in [2.24, 2.45) is 0 Å². The van der Waals surface area contributed by atoms with Crippen LogP contribution in [0.1, 0.15) is 12.0 Å². The van der Waals surface area contributed by atoms with E-state index in [4.69, 9.17) is 4.74 Å². The van der Waals surface area contributed by atoms with Crippen LogP contribution < -0.4 is 4.74 Å². The second kappa shape index (κ2) is 7.44. The Bertz CT molecular complexity index is 797. The molecular weight excluding hydrogens is 324 g/mol. The molecule has 1 unspecified atom stereocenters. The molecule has 2 rings (SSSR count). The van der Waals surface area contributed by atoms with Gasteiger partial charge >= 0.3 is 17.9 Å². The molecule has 0 aliphatic heterocycles. The zero-order valence-electron chi connectivity index (χ0n) is 13.2. The van der Waals surface area contributed by atoms with Gasteiger partial charge in [-0.1, -0.05) is 55.1 Å². The molecule has 0 amide bonds. The fraction of sp³-hybridized carbons (Fsp3) is 0.105. The predicted molar refractivity (Wildman–Crippen MR) is 89.2 cm³/mol. The number of esters is 1. The maximum atomic E-state index is 12.3.